The van der Waals surface area contributed by atoms with E-state index in [0.29, 0.717) is 12.0 Å². The van der Waals surface area contributed by atoms with E-state index in [1.165, 1.54) is 12.0 Å². The van der Waals surface area contributed by atoms with Crippen molar-refractivity contribution in [2.75, 3.05) is 19.8 Å². The second-order valence-corrected chi connectivity index (χ2v) is 5.75. The van der Waals surface area contributed by atoms with Gasteiger partial charge in [0, 0.05) is 24.0 Å². The van der Waals surface area contributed by atoms with E-state index in [0.717, 1.165) is 19.8 Å². The Morgan fingerprint density at radius 3 is 2.61 bits per heavy atom. The van der Waals surface area contributed by atoms with E-state index in [1.54, 1.807) is 0 Å². The van der Waals surface area contributed by atoms with Gasteiger partial charge in [0.2, 0.25) is 0 Å². The Bertz CT molecular complexity index is 355. The van der Waals surface area contributed by atoms with Crippen molar-refractivity contribution in [1.29, 1.82) is 0 Å². The highest BCUT2D eigenvalue weighted by Crippen LogP contribution is 2.34. The highest BCUT2D eigenvalue weighted by Gasteiger charge is 2.37. The molecule has 0 aromatic heterocycles. The fourth-order valence-electron chi connectivity index (χ4n) is 3.09. The standard InChI is InChI=1S/C16H25NO/c1-4-17-15(13-10-11-18-12-13)16(2,3)14-8-6-5-7-9-14/h5-9,13,15,17H,4,10-12H2,1-3H3. The maximum absolute atomic E-state index is 5.58. The maximum Gasteiger partial charge on any atom is 0.0510 e. The first-order valence-electron chi connectivity index (χ1n) is 7.03. The minimum Gasteiger partial charge on any atom is -0.381 e. The van der Waals surface area contributed by atoms with Crippen molar-refractivity contribution < 1.29 is 4.74 Å². The molecule has 0 saturated carbocycles. The molecule has 2 nitrogen and oxygen atoms in total. The van der Waals surface area contributed by atoms with Gasteiger partial charge in [0.1, 0.15) is 0 Å². The molecule has 1 saturated heterocycles. The van der Waals surface area contributed by atoms with Gasteiger partial charge in [-0.2, -0.15) is 0 Å². The Kier molecular flexibility index (Phi) is 4.41. The van der Waals surface area contributed by atoms with Gasteiger partial charge in [0.25, 0.3) is 0 Å². The van der Waals surface area contributed by atoms with Gasteiger partial charge in [-0.25, -0.2) is 0 Å². The van der Waals surface area contributed by atoms with Crippen molar-refractivity contribution in [3.8, 4) is 0 Å². The summed E-state index contributed by atoms with van der Waals surface area (Å²) in [7, 11) is 0. The zero-order valence-corrected chi connectivity index (χ0v) is 11.8. The lowest BCUT2D eigenvalue weighted by atomic mass is 9.72. The molecule has 2 rings (SSSR count). The number of hydrogen-bond acceptors (Lipinski definition) is 2. The van der Waals surface area contributed by atoms with Crippen molar-refractivity contribution in [2.45, 2.75) is 38.6 Å². The lowest BCUT2D eigenvalue weighted by Crippen LogP contribution is -2.50. The van der Waals surface area contributed by atoms with Crippen LogP contribution in [0.4, 0.5) is 0 Å². The lowest BCUT2D eigenvalue weighted by molar-refractivity contribution is 0.162. The number of benzene rings is 1. The summed E-state index contributed by atoms with van der Waals surface area (Å²) in [5, 5.41) is 3.68. The summed E-state index contributed by atoms with van der Waals surface area (Å²) in [6.07, 6.45) is 1.17. The van der Waals surface area contributed by atoms with E-state index in [9.17, 15) is 0 Å². The molecule has 1 fully saturated rings. The molecule has 1 aliphatic rings. The summed E-state index contributed by atoms with van der Waals surface area (Å²) in [5.41, 5.74) is 1.54. The number of likely N-dealkylation sites (N-methyl/N-ethyl adjacent to an activating group) is 1. The summed E-state index contributed by atoms with van der Waals surface area (Å²) < 4.78 is 5.58. The molecule has 0 radical (unpaired) electrons. The Morgan fingerprint density at radius 1 is 1.33 bits per heavy atom. The van der Waals surface area contributed by atoms with Crippen molar-refractivity contribution in [3.05, 3.63) is 35.9 Å². The van der Waals surface area contributed by atoms with Crippen LogP contribution in [-0.4, -0.2) is 25.8 Å². The summed E-state index contributed by atoms with van der Waals surface area (Å²) in [6.45, 7) is 9.69. The van der Waals surface area contributed by atoms with E-state index in [2.05, 4.69) is 56.4 Å². The molecule has 0 aliphatic carbocycles. The molecule has 2 atom stereocenters. The molecule has 1 aromatic carbocycles. The van der Waals surface area contributed by atoms with Crippen LogP contribution in [0.3, 0.4) is 0 Å². The van der Waals surface area contributed by atoms with Gasteiger partial charge in [-0.05, 0) is 18.5 Å². The molecule has 0 amide bonds. The second-order valence-electron chi connectivity index (χ2n) is 5.75. The Balaban J connectivity index is 2.22. The molecule has 1 aromatic rings. The van der Waals surface area contributed by atoms with Gasteiger partial charge in [0.05, 0.1) is 6.61 Å². The van der Waals surface area contributed by atoms with Gasteiger partial charge < -0.3 is 10.1 Å². The molecule has 1 N–H and O–H groups in total. The van der Waals surface area contributed by atoms with Gasteiger partial charge >= 0.3 is 0 Å². The molecule has 2 heteroatoms. The SMILES string of the molecule is CCNC(C1CCOC1)C(C)(C)c1ccccc1. The molecule has 0 bridgehead atoms. The van der Waals surface area contributed by atoms with Gasteiger partial charge in [-0.1, -0.05) is 51.1 Å². The Hall–Kier alpha value is -0.860. The molecule has 2 unspecified atom stereocenters. The van der Waals surface area contributed by atoms with Crippen molar-refractivity contribution in [1.82, 2.24) is 5.32 Å². The molecule has 100 valence electrons. The van der Waals surface area contributed by atoms with Crippen LogP contribution in [-0.2, 0) is 10.2 Å². The molecular weight excluding hydrogens is 222 g/mol. The normalized spacial score (nSPS) is 22.1. The summed E-state index contributed by atoms with van der Waals surface area (Å²) in [6, 6.07) is 11.3. The van der Waals surface area contributed by atoms with E-state index in [1.807, 2.05) is 0 Å². The van der Waals surface area contributed by atoms with Crippen LogP contribution in [0, 0.1) is 5.92 Å². The zero-order valence-electron chi connectivity index (χ0n) is 11.8. The predicted octanol–water partition coefficient (Wildman–Crippen LogP) is 2.98. The topological polar surface area (TPSA) is 21.3 Å². The predicted molar refractivity (Wildman–Crippen MR) is 75.9 cm³/mol. The Labute approximate surface area is 111 Å². The minimum absolute atomic E-state index is 0.135. The third-order valence-electron chi connectivity index (χ3n) is 4.16. The first kappa shape index (κ1) is 13.6. The number of hydrogen-bond donors (Lipinski definition) is 1. The molecule has 1 heterocycles. The molecule has 0 spiro atoms. The van der Waals surface area contributed by atoms with Gasteiger partial charge in [-0.15, -0.1) is 0 Å². The second kappa shape index (κ2) is 5.85. The quantitative estimate of drug-likeness (QED) is 0.863. The highest BCUT2D eigenvalue weighted by molar-refractivity contribution is 5.26. The van der Waals surface area contributed by atoms with Crippen molar-refractivity contribution in [3.63, 3.8) is 0 Å². The van der Waals surface area contributed by atoms with Crippen molar-refractivity contribution >= 4 is 0 Å². The van der Waals surface area contributed by atoms with Gasteiger partial charge in [0.15, 0.2) is 0 Å². The highest BCUT2D eigenvalue weighted by atomic mass is 16.5. The van der Waals surface area contributed by atoms with Crippen LogP contribution in [0.5, 0.6) is 0 Å². The van der Waals surface area contributed by atoms with E-state index in [4.69, 9.17) is 4.74 Å². The van der Waals surface area contributed by atoms with Crippen LogP contribution in [0.2, 0.25) is 0 Å². The van der Waals surface area contributed by atoms with Crippen molar-refractivity contribution in [2.24, 2.45) is 5.92 Å². The number of ether oxygens (including phenoxy) is 1. The number of nitrogens with one attached hydrogen (secondary N) is 1. The van der Waals surface area contributed by atoms with Crippen LogP contribution in [0.15, 0.2) is 30.3 Å². The van der Waals surface area contributed by atoms with E-state index in [-0.39, 0.29) is 5.41 Å². The maximum atomic E-state index is 5.58. The van der Waals surface area contributed by atoms with E-state index < -0.39 is 0 Å². The molecule has 1 aliphatic heterocycles. The van der Waals surface area contributed by atoms with Crippen LogP contribution in [0.25, 0.3) is 0 Å². The van der Waals surface area contributed by atoms with Crippen LogP contribution >= 0.6 is 0 Å². The summed E-state index contributed by atoms with van der Waals surface area (Å²) in [5.74, 6) is 0.625. The van der Waals surface area contributed by atoms with E-state index >= 15 is 0 Å². The average molecular weight is 247 g/mol. The fourth-order valence-corrected chi connectivity index (χ4v) is 3.09. The largest absolute Gasteiger partial charge is 0.381 e. The van der Waals surface area contributed by atoms with Gasteiger partial charge in [-0.3, -0.25) is 0 Å². The summed E-state index contributed by atoms with van der Waals surface area (Å²) >= 11 is 0. The Morgan fingerprint density at radius 2 is 2.06 bits per heavy atom. The zero-order chi connectivity index (χ0) is 13.0. The molecule has 18 heavy (non-hydrogen) atoms. The van der Waals surface area contributed by atoms with Crippen LogP contribution in [0.1, 0.15) is 32.8 Å². The monoisotopic (exact) mass is 247 g/mol. The lowest BCUT2D eigenvalue weighted by Gasteiger charge is -2.39. The average Bonchev–Trinajstić information content (AvgIpc) is 2.90. The third-order valence-corrected chi connectivity index (χ3v) is 4.16. The molecular formula is C16H25NO. The first-order valence-corrected chi connectivity index (χ1v) is 7.03. The first-order chi connectivity index (χ1) is 8.66. The summed E-state index contributed by atoms with van der Waals surface area (Å²) in [4.78, 5) is 0. The smallest absolute Gasteiger partial charge is 0.0510 e. The van der Waals surface area contributed by atoms with Crippen LogP contribution < -0.4 is 5.32 Å². The fraction of sp³-hybridized carbons (Fsp3) is 0.625. The number of rotatable bonds is 5. The minimum atomic E-state index is 0.135. The third kappa shape index (κ3) is 2.76.